The molecule has 0 saturated carbocycles. The Kier molecular flexibility index (Phi) is 2.51. The molecule has 1 aromatic carbocycles. The SMILES string of the molecule is Brc1cccc(-c2cnco2)c1Br. The van der Waals surface area contributed by atoms with Crippen LogP contribution in [0.2, 0.25) is 0 Å². The Labute approximate surface area is 92.2 Å². The maximum absolute atomic E-state index is 5.19. The minimum absolute atomic E-state index is 0.758. The molecular weight excluding hydrogens is 298 g/mol. The third-order valence-electron chi connectivity index (χ3n) is 1.65. The van der Waals surface area contributed by atoms with E-state index in [0.717, 1.165) is 20.3 Å². The van der Waals surface area contributed by atoms with Crippen LogP contribution in [0, 0.1) is 0 Å². The van der Waals surface area contributed by atoms with Gasteiger partial charge in [-0.2, -0.15) is 0 Å². The predicted octanol–water partition coefficient (Wildman–Crippen LogP) is 3.87. The minimum Gasteiger partial charge on any atom is -0.443 e. The van der Waals surface area contributed by atoms with Crippen molar-refractivity contribution in [3.63, 3.8) is 0 Å². The zero-order valence-corrected chi connectivity index (χ0v) is 9.67. The van der Waals surface area contributed by atoms with Crippen molar-refractivity contribution in [3.8, 4) is 11.3 Å². The number of nitrogens with zero attached hydrogens (tertiary/aromatic N) is 1. The first-order chi connectivity index (χ1) is 6.29. The molecule has 0 N–H and O–H groups in total. The van der Waals surface area contributed by atoms with Gasteiger partial charge in [-0.1, -0.05) is 6.07 Å². The average Bonchev–Trinajstić information content (AvgIpc) is 2.62. The Morgan fingerprint density at radius 2 is 2.08 bits per heavy atom. The van der Waals surface area contributed by atoms with E-state index in [9.17, 15) is 0 Å². The summed E-state index contributed by atoms with van der Waals surface area (Å²) in [5.74, 6) is 0.758. The van der Waals surface area contributed by atoms with Crippen LogP contribution in [0.3, 0.4) is 0 Å². The lowest BCUT2D eigenvalue weighted by Gasteiger charge is -2.01. The first-order valence-electron chi connectivity index (χ1n) is 3.62. The Morgan fingerprint density at radius 1 is 1.23 bits per heavy atom. The summed E-state index contributed by atoms with van der Waals surface area (Å²) in [5, 5.41) is 0. The molecule has 2 aromatic rings. The molecule has 0 radical (unpaired) electrons. The lowest BCUT2D eigenvalue weighted by molar-refractivity contribution is 0.571. The summed E-state index contributed by atoms with van der Waals surface area (Å²) in [6, 6.07) is 5.88. The lowest BCUT2D eigenvalue weighted by atomic mass is 10.2. The molecule has 1 heterocycles. The Bertz CT molecular complexity index is 412. The number of benzene rings is 1. The van der Waals surface area contributed by atoms with Gasteiger partial charge >= 0.3 is 0 Å². The van der Waals surface area contributed by atoms with Gasteiger partial charge in [-0.3, -0.25) is 0 Å². The van der Waals surface area contributed by atoms with Gasteiger partial charge in [0.05, 0.1) is 6.20 Å². The minimum atomic E-state index is 0.758. The topological polar surface area (TPSA) is 26.0 Å². The summed E-state index contributed by atoms with van der Waals surface area (Å²) in [6.45, 7) is 0. The highest BCUT2D eigenvalue weighted by atomic mass is 79.9. The molecule has 66 valence electrons. The summed E-state index contributed by atoms with van der Waals surface area (Å²) in [7, 11) is 0. The van der Waals surface area contributed by atoms with Crippen molar-refractivity contribution in [2.45, 2.75) is 0 Å². The second-order valence-corrected chi connectivity index (χ2v) is 4.11. The van der Waals surface area contributed by atoms with E-state index < -0.39 is 0 Å². The standard InChI is InChI=1S/C9H5Br2NO/c10-7-3-1-2-6(9(7)11)8-4-12-5-13-8/h1-5H. The highest BCUT2D eigenvalue weighted by Crippen LogP contribution is 2.33. The van der Waals surface area contributed by atoms with E-state index in [2.05, 4.69) is 36.8 Å². The van der Waals surface area contributed by atoms with Crippen LogP contribution in [0.4, 0.5) is 0 Å². The van der Waals surface area contributed by atoms with Crippen LogP contribution in [-0.4, -0.2) is 4.98 Å². The van der Waals surface area contributed by atoms with Gasteiger partial charge in [-0.05, 0) is 44.0 Å². The molecule has 0 aliphatic carbocycles. The molecule has 1 aromatic heterocycles. The number of aromatic nitrogens is 1. The lowest BCUT2D eigenvalue weighted by Crippen LogP contribution is -1.77. The molecule has 0 amide bonds. The van der Waals surface area contributed by atoms with Crippen molar-refractivity contribution < 1.29 is 4.42 Å². The second-order valence-electron chi connectivity index (χ2n) is 2.47. The first kappa shape index (κ1) is 8.97. The van der Waals surface area contributed by atoms with E-state index in [4.69, 9.17) is 4.42 Å². The fourth-order valence-corrected chi connectivity index (χ4v) is 1.87. The van der Waals surface area contributed by atoms with Crippen LogP contribution in [0.25, 0.3) is 11.3 Å². The molecule has 0 aliphatic rings. The van der Waals surface area contributed by atoms with Crippen LogP contribution >= 0.6 is 31.9 Å². The van der Waals surface area contributed by atoms with Crippen LogP contribution in [0.1, 0.15) is 0 Å². The number of oxazole rings is 1. The quantitative estimate of drug-likeness (QED) is 0.799. The number of hydrogen-bond donors (Lipinski definition) is 0. The Hall–Kier alpha value is -0.610. The summed E-state index contributed by atoms with van der Waals surface area (Å²) < 4.78 is 7.17. The maximum atomic E-state index is 5.19. The molecular formula is C9H5Br2NO. The number of hydrogen-bond acceptors (Lipinski definition) is 2. The zero-order valence-electron chi connectivity index (χ0n) is 6.50. The molecule has 0 fully saturated rings. The fraction of sp³-hybridized carbons (Fsp3) is 0. The van der Waals surface area contributed by atoms with Gasteiger partial charge in [0.2, 0.25) is 0 Å². The molecule has 2 rings (SSSR count). The molecule has 0 bridgehead atoms. The zero-order chi connectivity index (χ0) is 9.26. The maximum Gasteiger partial charge on any atom is 0.181 e. The van der Waals surface area contributed by atoms with E-state index in [1.165, 1.54) is 6.39 Å². The second kappa shape index (κ2) is 3.64. The summed E-state index contributed by atoms with van der Waals surface area (Å²) in [6.07, 6.45) is 3.11. The van der Waals surface area contributed by atoms with Crippen molar-refractivity contribution in [2.24, 2.45) is 0 Å². The van der Waals surface area contributed by atoms with Gasteiger partial charge in [0.15, 0.2) is 12.2 Å². The van der Waals surface area contributed by atoms with Gasteiger partial charge < -0.3 is 4.42 Å². The van der Waals surface area contributed by atoms with Crippen molar-refractivity contribution in [2.75, 3.05) is 0 Å². The highest BCUT2D eigenvalue weighted by Gasteiger charge is 2.07. The van der Waals surface area contributed by atoms with Crippen LogP contribution in [-0.2, 0) is 0 Å². The third kappa shape index (κ3) is 1.69. The van der Waals surface area contributed by atoms with E-state index in [1.54, 1.807) is 6.20 Å². The summed E-state index contributed by atoms with van der Waals surface area (Å²) >= 11 is 6.89. The normalized spacial score (nSPS) is 10.3. The third-order valence-corrected chi connectivity index (χ3v) is 3.70. The van der Waals surface area contributed by atoms with Crippen LogP contribution in [0.5, 0.6) is 0 Å². The van der Waals surface area contributed by atoms with Gasteiger partial charge in [0.25, 0.3) is 0 Å². The van der Waals surface area contributed by atoms with Gasteiger partial charge in [-0.15, -0.1) is 0 Å². The van der Waals surface area contributed by atoms with Crippen molar-refractivity contribution >= 4 is 31.9 Å². The molecule has 2 nitrogen and oxygen atoms in total. The fourth-order valence-electron chi connectivity index (χ4n) is 1.04. The van der Waals surface area contributed by atoms with Crippen LogP contribution < -0.4 is 0 Å². The highest BCUT2D eigenvalue weighted by molar-refractivity contribution is 9.13. The van der Waals surface area contributed by atoms with Crippen molar-refractivity contribution in [1.29, 1.82) is 0 Å². The summed E-state index contributed by atoms with van der Waals surface area (Å²) in [4.78, 5) is 3.87. The first-order valence-corrected chi connectivity index (χ1v) is 5.20. The largest absolute Gasteiger partial charge is 0.443 e. The molecule has 13 heavy (non-hydrogen) atoms. The molecule has 4 heteroatoms. The van der Waals surface area contributed by atoms with E-state index in [1.807, 2.05) is 18.2 Å². The van der Waals surface area contributed by atoms with Gasteiger partial charge in [0.1, 0.15) is 0 Å². The van der Waals surface area contributed by atoms with Gasteiger partial charge in [0, 0.05) is 14.5 Å². The summed E-state index contributed by atoms with van der Waals surface area (Å²) in [5.41, 5.74) is 0.992. The molecule has 0 spiro atoms. The smallest absolute Gasteiger partial charge is 0.181 e. The van der Waals surface area contributed by atoms with E-state index in [-0.39, 0.29) is 0 Å². The van der Waals surface area contributed by atoms with E-state index in [0.29, 0.717) is 0 Å². The van der Waals surface area contributed by atoms with Crippen molar-refractivity contribution in [3.05, 3.63) is 39.7 Å². The van der Waals surface area contributed by atoms with Crippen molar-refractivity contribution in [1.82, 2.24) is 4.98 Å². The molecule has 0 unspecified atom stereocenters. The molecule has 0 aliphatic heterocycles. The van der Waals surface area contributed by atoms with E-state index >= 15 is 0 Å². The Morgan fingerprint density at radius 3 is 2.77 bits per heavy atom. The van der Waals surface area contributed by atoms with Crippen LogP contribution in [0.15, 0.2) is 44.2 Å². The molecule has 0 atom stereocenters. The predicted molar refractivity (Wildman–Crippen MR) is 57.3 cm³/mol. The Balaban J connectivity index is 2.59. The number of rotatable bonds is 1. The monoisotopic (exact) mass is 301 g/mol. The molecule has 0 saturated heterocycles. The average molecular weight is 303 g/mol. The van der Waals surface area contributed by atoms with Gasteiger partial charge in [-0.25, -0.2) is 4.98 Å². The number of halogens is 2.